The largest absolute Gasteiger partial charge is 0.490 e. The molecule has 20 heavy (non-hydrogen) atoms. The second kappa shape index (κ2) is 7.55. The van der Waals surface area contributed by atoms with Crippen molar-refractivity contribution in [2.75, 3.05) is 13.2 Å². The molecule has 0 aromatic heterocycles. The summed E-state index contributed by atoms with van der Waals surface area (Å²) in [6.07, 6.45) is 0.893. The fourth-order valence-electron chi connectivity index (χ4n) is 1.79. The molecular formula is C16H16BrClO2. The zero-order valence-corrected chi connectivity index (χ0v) is 13.6. The van der Waals surface area contributed by atoms with Gasteiger partial charge in [0, 0.05) is 9.50 Å². The highest BCUT2D eigenvalue weighted by atomic mass is 79.9. The van der Waals surface area contributed by atoms with Gasteiger partial charge >= 0.3 is 0 Å². The van der Waals surface area contributed by atoms with Crippen molar-refractivity contribution in [1.82, 2.24) is 0 Å². The zero-order valence-electron chi connectivity index (χ0n) is 11.2. The molecular weight excluding hydrogens is 340 g/mol. The molecule has 2 aromatic carbocycles. The lowest BCUT2D eigenvalue weighted by atomic mass is 10.1. The van der Waals surface area contributed by atoms with E-state index in [1.807, 2.05) is 42.5 Å². The maximum Gasteiger partial charge on any atom is 0.122 e. The number of halogens is 2. The highest BCUT2D eigenvalue weighted by Gasteiger charge is 2.01. The van der Waals surface area contributed by atoms with E-state index in [1.165, 1.54) is 0 Å². The molecule has 2 rings (SSSR count). The van der Waals surface area contributed by atoms with Crippen LogP contribution in [0.25, 0.3) is 0 Å². The van der Waals surface area contributed by atoms with Crippen molar-refractivity contribution in [3.05, 3.63) is 57.5 Å². The lowest BCUT2D eigenvalue weighted by molar-refractivity contribution is 0.217. The Kier molecular flexibility index (Phi) is 5.74. The number of hydrogen-bond acceptors (Lipinski definition) is 2. The van der Waals surface area contributed by atoms with Crippen LogP contribution in [-0.4, -0.2) is 13.2 Å². The first-order valence-electron chi connectivity index (χ1n) is 6.48. The third-order valence-electron chi connectivity index (χ3n) is 2.81. The van der Waals surface area contributed by atoms with E-state index in [4.69, 9.17) is 21.1 Å². The summed E-state index contributed by atoms with van der Waals surface area (Å²) in [6.45, 7) is 3.07. The summed E-state index contributed by atoms with van der Waals surface area (Å²) in [5.74, 6) is 1.65. The Morgan fingerprint density at radius 1 is 1.00 bits per heavy atom. The summed E-state index contributed by atoms with van der Waals surface area (Å²) in [5, 5.41) is 0.783. The van der Waals surface area contributed by atoms with Crippen LogP contribution in [0.3, 0.4) is 0 Å². The minimum Gasteiger partial charge on any atom is -0.490 e. The van der Waals surface area contributed by atoms with Crippen LogP contribution in [0.2, 0.25) is 5.02 Å². The molecule has 0 aliphatic rings. The third kappa shape index (κ3) is 4.43. The van der Waals surface area contributed by atoms with Crippen molar-refractivity contribution in [2.45, 2.75) is 13.3 Å². The summed E-state index contributed by atoms with van der Waals surface area (Å²) in [6, 6.07) is 13.5. The van der Waals surface area contributed by atoms with Crippen LogP contribution in [0, 0.1) is 0 Å². The molecule has 0 fully saturated rings. The Hall–Kier alpha value is -1.19. The second-order valence-corrected chi connectivity index (χ2v) is 5.58. The first kappa shape index (κ1) is 15.2. The van der Waals surface area contributed by atoms with Gasteiger partial charge in [-0.05, 0) is 48.4 Å². The molecule has 0 radical (unpaired) electrons. The van der Waals surface area contributed by atoms with Crippen LogP contribution in [0.1, 0.15) is 12.5 Å². The molecule has 0 aliphatic carbocycles. The van der Waals surface area contributed by atoms with Crippen molar-refractivity contribution in [3.63, 3.8) is 0 Å². The number of benzene rings is 2. The SMILES string of the molecule is CCc1cc(OCCOc2cccc(Br)c2)ccc1Cl. The molecule has 2 aromatic rings. The fraction of sp³-hybridized carbons (Fsp3) is 0.250. The normalized spacial score (nSPS) is 10.3. The van der Waals surface area contributed by atoms with E-state index < -0.39 is 0 Å². The summed E-state index contributed by atoms with van der Waals surface area (Å²) >= 11 is 9.47. The van der Waals surface area contributed by atoms with Crippen molar-refractivity contribution in [3.8, 4) is 11.5 Å². The molecule has 0 amide bonds. The van der Waals surface area contributed by atoms with Gasteiger partial charge in [-0.2, -0.15) is 0 Å². The van der Waals surface area contributed by atoms with Crippen LogP contribution < -0.4 is 9.47 Å². The van der Waals surface area contributed by atoms with Crippen LogP contribution in [-0.2, 0) is 6.42 Å². The Bertz CT molecular complexity index is 572. The van der Waals surface area contributed by atoms with Crippen LogP contribution in [0.15, 0.2) is 46.9 Å². The van der Waals surface area contributed by atoms with Crippen molar-refractivity contribution in [2.24, 2.45) is 0 Å². The topological polar surface area (TPSA) is 18.5 Å². The Balaban J connectivity index is 1.81. The highest BCUT2D eigenvalue weighted by molar-refractivity contribution is 9.10. The van der Waals surface area contributed by atoms with Crippen molar-refractivity contribution < 1.29 is 9.47 Å². The van der Waals surface area contributed by atoms with E-state index in [9.17, 15) is 0 Å². The smallest absolute Gasteiger partial charge is 0.122 e. The van der Waals surface area contributed by atoms with Gasteiger partial charge < -0.3 is 9.47 Å². The summed E-state index contributed by atoms with van der Waals surface area (Å²) < 4.78 is 12.3. The second-order valence-electron chi connectivity index (χ2n) is 4.26. The van der Waals surface area contributed by atoms with Gasteiger partial charge in [0.2, 0.25) is 0 Å². The molecule has 0 bridgehead atoms. The molecule has 0 unspecified atom stereocenters. The molecule has 2 nitrogen and oxygen atoms in total. The first-order chi connectivity index (χ1) is 9.69. The average Bonchev–Trinajstić information content (AvgIpc) is 2.45. The van der Waals surface area contributed by atoms with Gasteiger partial charge in [0.25, 0.3) is 0 Å². The van der Waals surface area contributed by atoms with E-state index in [-0.39, 0.29) is 0 Å². The van der Waals surface area contributed by atoms with E-state index in [2.05, 4.69) is 22.9 Å². The van der Waals surface area contributed by atoms with Gasteiger partial charge in [0.05, 0.1) is 0 Å². The maximum absolute atomic E-state index is 6.07. The first-order valence-corrected chi connectivity index (χ1v) is 7.65. The van der Waals surface area contributed by atoms with Crippen molar-refractivity contribution >= 4 is 27.5 Å². The minimum absolute atomic E-state index is 0.497. The van der Waals surface area contributed by atoms with E-state index in [0.717, 1.165) is 33.0 Å². The van der Waals surface area contributed by atoms with E-state index in [1.54, 1.807) is 0 Å². The third-order valence-corrected chi connectivity index (χ3v) is 3.68. The lowest BCUT2D eigenvalue weighted by Gasteiger charge is -2.10. The van der Waals surface area contributed by atoms with Gasteiger partial charge in [0.1, 0.15) is 24.7 Å². The number of rotatable bonds is 6. The Labute approximate surface area is 132 Å². The quantitative estimate of drug-likeness (QED) is 0.669. The number of hydrogen-bond donors (Lipinski definition) is 0. The van der Waals surface area contributed by atoms with Crippen LogP contribution >= 0.6 is 27.5 Å². The Morgan fingerprint density at radius 3 is 2.35 bits per heavy atom. The molecule has 0 N–H and O–H groups in total. The summed E-state index contributed by atoms with van der Waals surface area (Å²) in [5.41, 5.74) is 1.09. The summed E-state index contributed by atoms with van der Waals surface area (Å²) in [7, 11) is 0. The van der Waals surface area contributed by atoms with Gasteiger partial charge in [-0.25, -0.2) is 0 Å². The predicted molar refractivity (Wildman–Crippen MR) is 86.0 cm³/mol. The standard InChI is InChI=1S/C16H16BrClO2/c1-2-12-10-15(6-7-16(12)18)20-9-8-19-14-5-3-4-13(17)11-14/h3-7,10-11H,2,8-9H2,1H3. The summed E-state index contributed by atoms with van der Waals surface area (Å²) in [4.78, 5) is 0. The molecule has 0 saturated carbocycles. The molecule has 4 heteroatoms. The molecule has 0 aliphatic heterocycles. The van der Waals surface area contributed by atoms with Gasteiger partial charge in [-0.15, -0.1) is 0 Å². The van der Waals surface area contributed by atoms with Crippen LogP contribution in [0.4, 0.5) is 0 Å². The maximum atomic E-state index is 6.07. The van der Waals surface area contributed by atoms with E-state index >= 15 is 0 Å². The Morgan fingerprint density at radius 2 is 1.70 bits per heavy atom. The van der Waals surface area contributed by atoms with Crippen molar-refractivity contribution in [1.29, 1.82) is 0 Å². The van der Waals surface area contributed by atoms with Gasteiger partial charge in [-0.3, -0.25) is 0 Å². The zero-order chi connectivity index (χ0) is 14.4. The molecule has 0 spiro atoms. The molecule has 0 heterocycles. The average molecular weight is 356 g/mol. The predicted octanol–water partition coefficient (Wildman–Crippen LogP) is 5.12. The number of ether oxygens (including phenoxy) is 2. The number of aryl methyl sites for hydroxylation is 1. The fourth-order valence-corrected chi connectivity index (χ4v) is 2.42. The highest BCUT2D eigenvalue weighted by Crippen LogP contribution is 2.22. The molecule has 106 valence electrons. The molecule has 0 atom stereocenters. The van der Waals surface area contributed by atoms with Gasteiger partial charge in [0.15, 0.2) is 0 Å². The lowest BCUT2D eigenvalue weighted by Crippen LogP contribution is -2.09. The van der Waals surface area contributed by atoms with E-state index in [0.29, 0.717) is 13.2 Å². The van der Waals surface area contributed by atoms with Gasteiger partial charge in [-0.1, -0.05) is 40.5 Å². The van der Waals surface area contributed by atoms with Crippen LogP contribution in [0.5, 0.6) is 11.5 Å². The minimum atomic E-state index is 0.497. The molecule has 0 saturated heterocycles. The monoisotopic (exact) mass is 354 g/mol.